The van der Waals surface area contributed by atoms with Crippen LogP contribution < -0.4 is 10.2 Å². The first-order chi connectivity index (χ1) is 17.7. The lowest BCUT2D eigenvalue weighted by molar-refractivity contribution is -0.384. The molecule has 9 heteroatoms. The fourth-order valence-electron chi connectivity index (χ4n) is 5.08. The van der Waals surface area contributed by atoms with Gasteiger partial charge in [0.05, 0.1) is 21.8 Å². The van der Waals surface area contributed by atoms with Crippen LogP contribution in [0.15, 0.2) is 42.7 Å². The van der Waals surface area contributed by atoms with Gasteiger partial charge in [0.2, 0.25) is 5.95 Å². The van der Waals surface area contributed by atoms with E-state index in [-0.39, 0.29) is 10.6 Å². The molecule has 5 rings (SSSR count). The first-order valence-corrected chi connectivity index (χ1v) is 12.6. The van der Waals surface area contributed by atoms with E-state index >= 15 is 0 Å². The number of hydrogen-bond acceptors (Lipinski definition) is 7. The third-order valence-electron chi connectivity index (χ3n) is 7.11. The quantitative estimate of drug-likeness (QED) is 0.259. The third-order valence-corrected chi connectivity index (χ3v) is 7.11. The first-order valence-electron chi connectivity index (χ1n) is 12.6. The number of anilines is 3. The van der Waals surface area contributed by atoms with Crippen molar-refractivity contribution in [3.05, 3.63) is 69.5 Å². The van der Waals surface area contributed by atoms with Gasteiger partial charge in [-0.15, -0.1) is 0 Å². The molecule has 1 N–H and O–H groups in total. The van der Waals surface area contributed by atoms with Gasteiger partial charge in [0, 0.05) is 56.1 Å². The van der Waals surface area contributed by atoms with Crippen molar-refractivity contribution in [3.63, 3.8) is 0 Å². The van der Waals surface area contributed by atoms with Crippen LogP contribution in [0.5, 0.6) is 0 Å². The maximum absolute atomic E-state index is 12.0. The van der Waals surface area contributed by atoms with Crippen molar-refractivity contribution < 1.29 is 4.92 Å². The Morgan fingerprint density at radius 2 is 1.95 bits per heavy atom. The van der Waals surface area contributed by atoms with Crippen molar-refractivity contribution >= 4 is 33.9 Å². The highest BCUT2D eigenvalue weighted by Gasteiger charge is 2.22. The summed E-state index contributed by atoms with van der Waals surface area (Å²) in [5, 5.41) is 16.4. The van der Waals surface area contributed by atoms with Crippen LogP contribution in [0.1, 0.15) is 23.1 Å². The van der Waals surface area contributed by atoms with Gasteiger partial charge in [-0.1, -0.05) is 18.2 Å². The predicted octanol–water partition coefficient (Wildman–Crippen LogP) is 5.31. The molecule has 0 spiro atoms. The summed E-state index contributed by atoms with van der Waals surface area (Å²) in [7, 11) is 5.86. The minimum atomic E-state index is -0.332. The first kappa shape index (κ1) is 24.7. The average molecular weight is 500 g/mol. The van der Waals surface area contributed by atoms with Crippen molar-refractivity contribution in [2.45, 2.75) is 33.2 Å². The number of nitro benzene ring substituents is 1. The molecule has 0 bridgehead atoms. The normalized spacial score (nSPS) is 12.8. The lowest BCUT2D eigenvalue weighted by atomic mass is 10.0. The number of benzene rings is 2. The summed E-state index contributed by atoms with van der Waals surface area (Å²) in [5.41, 5.74) is 7.74. The van der Waals surface area contributed by atoms with Gasteiger partial charge >= 0.3 is 0 Å². The van der Waals surface area contributed by atoms with Crippen LogP contribution in [-0.2, 0) is 13.0 Å². The lowest BCUT2D eigenvalue weighted by Gasteiger charge is -2.22. The second-order valence-electron chi connectivity index (χ2n) is 10.1. The molecule has 0 unspecified atom stereocenters. The van der Waals surface area contributed by atoms with E-state index in [1.165, 1.54) is 16.5 Å². The van der Waals surface area contributed by atoms with E-state index in [0.29, 0.717) is 23.9 Å². The van der Waals surface area contributed by atoms with Crippen molar-refractivity contribution in [1.82, 2.24) is 19.4 Å². The van der Waals surface area contributed by atoms with Gasteiger partial charge in [-0.25, -0.2) is 9.97 Å². The van der Waals surface area contributed by atoms with E-state index in [1.807, 2.05) is 52.2 Å². The molecule has 4 aromatic rings. The van der Waals surface area contributed by atoms with E-state index in [2.05, 4.69) is 44.2 Å². The van der Waals surface area contributed by atoms with Crippen LogP contribution in [0.4, 0.5) is 23.0 Å². The van der Waals surface area contributed by atoms with Crippen LogP contribution in [0.3, 0.4) is 0 Å². The highest BCUT2D eigenvalue weighted by molar-refractivity contribution is 5.98. The van der Waals surface area contributed by atoms with Gasteiger partial charge in [-0.2, -0.15) is 0 Å². The number of nitro groups is 1. The Morgan fingerprint density at radius 3 is 2.70 bits per heavy atom. The van der Waals surface area contributed by atoms with E-state index < -0.39 is 0 Å². The van der Waals surface area contributed by atoms with Crippen LogP contribution in [0.2, 0.25) is 0 Å². The molecule has 3 heterocycles. The Hall–Kier alpha value is -3.98. The molecule has 9 nitrogen and oxygen atoms in total. The number of likely N-dealkylation sites (N-methyl/N-ethyl adjacent to an activating group) is 2. The van der Waals surface area contributed by atoms with Gasteiger partial charge < -0.3 is 19.7 Å². The van der Waals surface area contributed by atoms with E-state index in [1.54, 1.807) is 6.07 Å². The molecular weight excluding hydrogens is 466 g/mol. The van der Waals surface area contributed by atoms with Crippen molar-refractivity contribution in [3.8, 4) is 11.3 Å². The topological polar surface area (TPSA) is 92.4 Å². The molecular formula is C28H33N7O2. The fraction of sp³-hybridized carbons (Fsp3) is 0.357. The maximum Gasteiger partial charge on any atom is 0.294 e. The average Bonchev–Trinajstić information content (AvgIpc) is 3.25. The molecule has 192 valence electrons. The van der Waals surface area contributed by atoms with E-state index in [9.17, 15) is 10.1 Å². The fourth-order valence-corrected chi connectivity index (χ4v) is 5.08. The zero-order valence-electron chi connectivity index (χ0n) is 22.1. The zero-order valence-corrected chi connectivity index (χ0v) is 22.1. The minimum Gasteiger partial charge on any atom is -0.368 e. The molecule has 0 aliphatic carbocycles. The maximum atomic E-state index is 12.0. The summed E-state index contributed by atoms with van der Waals surface area (Å²) >= 11 is 0. The van der Waals surface area contributed by atoms with Gasteiger partial charge in [-0.05, 0) is 63.5 Å². The van der Waals surface area contributed by atoms with Crippen molar-refractivity contribution in [2.24, 2.45) is 0 Å². The smallest absolute Gasteiger partial charge is 0.294 e. The number of aryl methyl sites for hydroxylation is 4. The van der Waals surface area contributed by atoms with Crippen LogP contribution in [0.25, 0.3) is 22.2 Å². The third kappa shape index (κ3) is 4.74. The van der Waals surface area contributed by atoms with Gasteiger partial charge in [0.1, 0.15) is 5.69 Å². The molecule has 2 aromatic carbocycles. The molecule has 0 radical (unpaired) electrons. The van der Waals surface area contributed by atoms with E-state index in [4.69, 9.17) is 4.98 Å². The largest absolute Gasteiger partial charge is 0.368 e. The van der Waals surface area contributed by atoms with Crippen molar-refractivity contribution in [2.75, 3.05) is 44.4 Å². The monoisotopic (exact) mass is 499 g/mol. The second kappa shape index (κ2) is 9.82. The number of nitrogens with one attached hydrogen (secondary N) is 1. The van der Waals surface area contributed by atoms with Gasteiger partial charge in [0.15, 0.2) is 0 Å². The van der Waals surface area contributed by atoms with Crippen LogP contribution >= 0.6 is 0 Å². The molecule has 0 saturated heterocycles. The number of nitrogens with zero attached hydrogens (tertiary/aromatic N) is 6. The Labute approximate surface area is 216 Å². The molecule has 37 heavy (non-hydrogen) atoms. The minimum absolute atomic E-state index is 0.0516. The van der Waals surface area contributed by atoms with Crippen LogP contribution in [-0.4, -0.2) is 58.6 Å². The highest BCUT2D eigenvalue weighted by atomic mass is 16.6. The van der Waals surface area contributed by atoms with Crippen molar-refractivity contribution in [1.29, 1.82) is 0 Å². The summed E-state index contributed by atoms with van der Waals surface area (Å²) < 4.78 is 2.33. The predicted molar refractivity (Wildman–Crippen MR) is 149 cm³/mol. The Balaban J connectivity index is 1.51. The lowest BCUT2D eigenvalue weighted by Crippen LogP contribution is -2.29. The standard InChI is InChI=1S/C28H33N7O2/c1-18-14-24(33(5)13-12-32(3)4)25(35(36)37)15-23(18)30-28-29-16-19(2)26(31-28)22-17-34-11-7-9-20-8-6-10-21(22)27(20)34/h6,8,10,14-17H,7,9,11-13H2,1-5H3,(H,29,30,31). The van der Waals surface area contributed by atoms with Gasteiger partial charge in [0.25, 0.3) is 5.69 Å². The molecule has 0 amide bonds. The Bertz CT molecular complexity index is 1490. The number of hydrogen-bond donors (Lipinski definition) is 1. The molecule has 1 aliphatic heterocycles. The zero-order chi connectivity index (χ0) is 26.3. The second-order valence-corrected chi connectivity index (χ2v) is 10.1. The molecule has 0 saturated carbocycles. The van der Waals surface area contributed by atoms with Gasteiger partial charge in [-0.3, -0.25) is 10.1 Å². The van der Waals surface area contributed by atoms with E-state index in [0.717, 1.165) is 48.3 Å². The number of rotatable bonds is 8. The summed E-state index contributed by atoms with van der Waals surface area (Å²) in [6, 6.07) is 9.92. The molecule has 1 aliphatic rings. The number of aromatic nitrogens is 3. The SMILES string of the molecule is Cc1cc(N(C)CCN(C)C)c([N+](=O)[O-])cc1Nc1ncc(C)c(-c2cn3c4c(cccc24)CCC3)n1. The highest BCUT2D eigenvalue weighted by Crippen LogP contribution is 2.37. The Morgan fingerprint density at radius 1 is 1.14 bits per heavy atom. The number of para-hydroxylation sites is 1. The summed E-state index contributed by atoms with van der Waals surface area (Å²) in [6.45, 7) is 6.43. The summed E-state index contributed by atoms with van der Waals surface area (Å²) in [5.74, 6) is 0.415. The summed E-state index contributed by atoms with van der Waals surface area (Å²) in [6.07, 6.45) is 6.23. The molecule has 0 atom stereocenters. The molecule has 2 aromatic heterocycles. The van der Waals surface area contributed by atoms with Crippen LogP contribution in [0, 0.1) is 24.0 Å². The Kier molecular flexibility index (Phi) is 6.55. The molecule has 0 fully saturated rings. The summed E-state index contributed by atoms with van der Waals surface area (Å²) in [4.78, 5) is 25.0.